The van der Waals surface area contributed by atoms with Crippen molar-refractivity contribution in [1.82, 2.24) is 4.98 Å². The maximum absolute atomic E-state index is 11.1. The van der Waals surface area contributed by atoms with Gasteiger partial charge in [-0.2, -0.15) is 0 Å². The van der Waals surface area contributed by atoms with Crippen LogP contribution in [0.5, 0.6) is 0 Å². The molecule has 7 heteroatoms. The molecule has 102 valence electrons. The van der Waals surface area contributed by atoms with Crippen LogP contribution in [0, 0.1) is 10.1 Å². The molecule has 1 aliphatic carbocycles. The van der Waals surface area contributed by atoms with Gasteiger partial charge in [0.05, 0.1) is 16.2 Å². The highest BCUT2D eigenvalue weighted by molar-refractivity contribution is 7.15. The van der Waals surface area contributed by atoms with Gasteiger partial charge in [0.2, 0.25) is 0 Å². The molecule has 0 aliphatic heterocycles. The molecule has 0 fully saturated rings. The van der Waals surface area contributed by atoms with Gasteiger partial charge in [0.25, 0.3) is 5.69 Å². The van der Waals surface area contributed by atoms with Crippen molar-refractivity contribution in [2.24, 2.45) is 0 Å². The number of benzene rings is 1. The van der Waals surface area contributed by atoms with Gasteiger partial charge >= 0.3 is 5.97 Å². The lowest BCUT2D eigenvalue weighted by Gasteiger charge is -2.02. The molecule has 3 rings (SSSR count). The molecule has 20 heavy (non-hydrogen) atoms. The summed E-state index contributed by atoms with van der Waals surface area (Å²) in [4.78, 5) is 27.0. The second kappa shape index (κ2) is 4.68. The Balaban J connectivity index is 2.08. The number of carbonyl (C=O) groups is 1. The summed E-state index contributed by atoms with van der Waals surface area (Å²) in [6, 6.07) is 6.38. The zero-order chi connectivity index (χ0) is 14.3. The lowest BCUT2D eigenvalue weighted by molar-refractivity contribution is -0.384. The molecule has 1 aromatic heterocycles. The summed E-state index contributed by atoms with van der Waals surface area (Å²) in [6.45, 7) is 0. The first-order valence-electron chi connectivity index (χ1n) is 6.04. The molecule has 0 bridgehead atoms. The van der Waals surface area contributed by atoms with Gasteiger partial charge in [-0.05, 0) is 18.9 Å². The van der Waals surface area contributed by atoms with Crippen LogP contribution in [-0.2, 0) is 11.2 Å². The van der Waals surface area contributed by atoms with E-state index in [1.165, 1.54) is 17.4 Å². The molecule has 0 radical (unpaired) electrons. The van der Waals surface area contributed by atoms with Crippen LogP contribution in [0.4, 0.5) is 5.69 Å². The van der Waals surface area contributed by atoms with Crippen LogP contribution in [0.2, 0.25) is 0 Å². The Morgan fingerprint density at radius 1 is 1.45 bits per heavy atom. The van der Waals surface area contributed by atoms with E-state index in [1.807, 2.05) is 0 Å². The van der Waals surface area contributed by atoms with Gasteiger partial charge in [0, 0.05) is 10.9 Å². The number of aryl methyl sites for hydroxylation is 1. The Labute approximate surface area is 117 Å². The molecular weight excluding hydrogens is 280 g/mol. The molecular formula is C13H10N2O4S. The second-order valence-corrected chi connectivity index (χ2v) is 5.61. The quantitative estimate of drug-likeness (QED) is 0.693. The van der Waals surface area contributed by atoms with Crippen LogP contribution in [-0.4, -0.2) is 21.0 Å². The third-order valence-electron chi connectivity index (χ3n) is 3.35. The first kappa shape index (κ1) is 12.7. The molecule has 0 saturated heterocycles. The van der Waals surface area contributed by atoms with Gasteiger partial charge in [-0.15, -0.1) is 11.3 Å². The molecule has 1 aliphatic rings. The summed E-state index contributed by atoms with van der Waals surface area (Å²) in [6.07, 6.45) is 1.23. The van der Waals surface area contributed by atoms with Crippen LogP contribution < -0.4 is 0 Å². The van der Waals surface area contributed by atoms with Crippen molar-refractivity contribution < 1.29 is 14.8 Å². The molecule has 6 nitrogen and oxygen atoms in total. The summed E-state index contributed by atoms with van der Waals surface area (Å²) < 4.78 is 0. The summed E-state index contributed by atoms with van der Waals surface area (Å²) in [7, 11) is 0. The molecule has 2 aromatic rings. The molecule has 1 aromatic carbocycles. The fourth-order valence-corrected chi connectivity index (χ4v) is 3.57. The number of carboxylic acids is 1. The molecule has 1 unspecified atom stereocenters. The van der Waals surface area contributed by atoms with Crippen molar-refractivity contribution in [1.29, 1.82) is 0 Å². The number of rotatable bonds is 3. The van der Waals surface area contributed by atoms with E-state index in [1.54, 1.807) is 18.2 Å². The average Bonchev–Trinajstić information content (AvgIpc) is 2.97. The van der Waals surface area contributed by atoms with E-state index in [0.717, 1.165) is 4.88 Å². The first-order valence-corrected chi connectivity index (χ1v) is 6.85. The van der Waals surface area contributed by atoms with Crippen molar-refractivity contribution in [2.45, 2.75) is 18.8 Å². The van der Waals surface area contributed by atoms with Crippen molar-refractivity contribution in [3.8, 4) is 10.6 Å². The summed E-state index contributed by atoms with van der Waals surface area (Å²) >= 11 is 1.35. The fraction of sp³-hybridized carbons (Fsp3) is 0.231. The van der Waals surface area contributed by atoms with Crippen molar-refractivity contribution in [2.75, 3.05) is 0 Å². The minimum absolute atomic E-state index is 0.00759. The van der Waals surface area contributed by atoms with Crippen molar-refractivity contribution >= 4 is 23.0 Å². The zero-order valence-corrected chi connectivity index (χ0v) is 11.1. The maximum Gasteiger partial charge on any atom is 0.312 e. The van der Waals surface area contributed by atoms with E-state index in [0.29, 0.717) is 29.1 Å². The summed E-state index contributed by atoms with van der Waals surface area (Å²) in [5.41, 5.74) is 1.00. The third-order valence-corrected chi connectivity index (χ3v) is 4.51. The molecule has 0 spiro atoms. The molecule has 1 heterocycles. The lowest BCUT2D eigenvalue weighted by atomic mass is 10.1. The highest BCUT2D eigenvalue weighted by atomic mass is 32.1. The standard InChI is InChI=1S/C13H10N2O4S/c16-13(17)8-5-6-10-11(8)14-12(20-10)7-3-1-2-4-9(7)15(18)19/h1-4,8H,5-6H2,(H,16,17). The number of thiazole rings is 1. The fourth-order valence-electron chi connectivity index (χ4n) is 2.40. The number of carboxylic acid groups (broad SMARTS) is 1. The number of aliphatic carboxylic acids is 1. The van der Waals surface area contributed by atoms with Crippen LogP contribution in [0.25, 0.3) is 10.6 Å². The van der Waals surface area contributed by atoms with E-state index >= 15 is 0 Å². The van der Waals surface area contributed by atoms with Crippen LogP contribution in [0.3, 0.4) is 0 Å². The number of para-hydroxylation sites is 1. The van der Waals surface area contributed by atoms with E-state index in [-0.39, 0.29) is 5.69 Å². The van der Waals surface area contributed by atoms with Gasteiger partial charge < -0.3 is 5.11 Å². The second-order valence-electron chi connectivity index (χ2n) is 4.53. The Bertz CT molecular complexity index is 710. The summed E-state index contributed by atoms with van der Waals surface area (Å²) in [5, 5.41) is 20.7. The first-order chi connectivity index (χ1) is 9.58. The Morgan fingerprint density at radius 2 is 2.20 bits per heavy atom. The number of aromatic nitrogens is 1. The van der Waals surface area contributed by atoms with E-state index in [4.69, 9.17) is 5.11 Å². The number of fused-ring (bicyclic) bond motifs is 1. The number of nitrogens with zero attached hydrogens (tertiary/aromatic N) is 2. The minimum Gasteiger partial charge on any atom is -0.481 e. The van der Waals surface area contributed by atoms with E-state index in [2.05, 4.69) is 4.98 Å². The van der Waals surface area contributed by atoms with Crippen LogP contribution in [0.1, 0.15) is 22.9 Å². The van der Waals surface area contributed by atoms with Crippen molar-refractivity contribution in [3.63, 3.8) is 0 Å². The largest absolute Gasteiger partial charge is 0.481 e. The number of hydrogen-bond donors (Lipinski definition) is 1. The van der Waals surface area contributed by atoms with E-state index < -0.39 is 16.8 Å². The van der Waals surface area contributed by atoms with Gasteiger partial charge in [0.15, 0.2) is 0 Å². The number of nitro groups is 1. The molecule has 0 saturated carbocycles. The maximum atomic E-state index is 11.1. The van der Waals surface area contributed by atoms with Gasteiger partial charge in [-0.25, -0.2) is 4.98 Å². The minimum atomic E-state index is -0.886. The number of nitro benzene ring substituents is 1. The predicted octanol–water partition coefficient (Wildman–Crippen LogP) is 2.83. The average molecular weight is 290 g/mol. The number of hydrogen-bond acceptors (Lipinski definition) is 5. The Kier molecular flexibility index (Phi) is 2.98. The summed E-state index contributed by atoms with van der Waals surface area (Å²) in [5.74, 6) is -1.47. The molecule has 1 N–H and O–H groups in total. The van der Waals surface area contributed by atoms with Crippen LogP contribution in [0.15, 0.2) is 24.3 Å². The van der Waals surface area contributed by atoms with Gasteiger partial charge in [-0.1, -0.05) is 12.1 Å². The topological polar surface area (TPSA) is 93.3 Å². The Morgan fingerprint density at radius 3 is 2.90 bits per heavy atom. The SMILES string of the molecule is O=C(O)C1CCc2sc(-c3ccccc3[N+](=O)[O-])nc21. The Hall–Kier alpha value is -2.28. The predicted molar refractivity (Wildman–Crippen MR) is 72.9 cm³/mol. The third kappa shape index (κ3) is 1.96. The monoisotopic (exact) mass is 290 g/mol. The normalized spacial score (nSPS) is 16.9. The highest BCUT2D eigenvalue weighted by Gasteiger charge is 2.33. The smallest absolute Gasteiger partial charge is 0.312 e. The van der Waals surface area contributed by atoms with Gasteiger partial charge in [0.1, 0.15) is 10.9 Å². The van der Waals surface area contributed by atoms with Crippen molar-refractivity contribution in [3.05, 3.63) is 45.0 Å². The highest BCUT2D eigenvalue weighted by Crippen LogP contribution is 2.41. The van der Waals surface area contributed by atoms with Gasteiger partial charge in [-0.3, -0.25) is 14.9 Å². The molecule has 1 atom stereocenters. The molecule has 0 amide bonds. The lowest BCUT2D eigenvalue weighted by Crippen LogP contribution is -2.08. The zero-order valence-electron chi connectivity index (χ0n) is 10.3. The van der Waals surface area contributed by atoms with E-state index in [9.17, 15) is 14.9 Å². The van der Waals surface area contributed by atoms with Crippen LogP contribution >= 0.6 is 11.3 Å².